The monoisotopic (exact) mass is 428 g/mol. The Kier molecular flexibility index (Phi) is 5.88. The van der Waals surface area contributed by atoms with Crippen LogP contribution in [-0.4, -0.2) is 76.2 Å². The van der Waals surface area contributed by atoms with Gasteiger partial charge >= 0.3 is 0 Å². The smallest absolute Gasteiger partial charge is 0.295 e. The van der Waals surface area contributed by atoms with Gasteiger partial charge in [0, 0.05) is 31.9 Å². The fraction of sp³-hybridized carbons (Fsp3) is 0.409. The number of aryl methyl sites for hydroxylation is 2. The summed E-state index contributed by atoms with van der Waals surface area (Å²) in [6.07, 6.45) is 0. The first-order valence-corrected chi connectivity index (χ1v) is 10.2. The van der Waals surface area contributed by atoms with Crippen LogP contribution >= 0.6 is 0 Å². The third kappa shape index (κ3) is 3.98. The van der Waals surface area contributed by atoms with Crippen LogP contribution in [0.2, 0.25) is 0 Å². The molecule has 1 atom stereocenters. The van der Waals surface area contributed by atoms with Crippen molar-refractivity contribution in [3.05, 3.63) is 58.2 Å². The van der Waals surface area contributed by atoms with Crippen molar-refractivity contribution in [1.82, 2.24) is 20.0 Å². The molecule has 0 bridgehead atoms. The number of aliphatic hydroxyl groups is 1. The molecule has 164 valence electrons. The van der Waals surface area contributed by atoms with Crippen molar-refractivity contribution < 1.29 is 23.8 Å². The van der Waals surface area contributed by atoms with Crippen LogP contribution in [0.25, 0.3) is 5.76 Å². The third-order valence-electron chi connectivity index (χ3n) is 5.85. The molecule has 1 amide bonds. The molecular weight excluding hydrogens is 403 g/mol. The van der Waals surface area contributed by atoms with Crippen LogP contribution in [0.15, 0.2) is 29.8 Å². The lowest BCUT2D eigenvalue weighted by Crippen LogP contribution is -2.42. The lowest BCUT2D eigenvalue weighted by molar-refractivity contribution is -0.140. The Hall–Kier alpha value is -3.04. The van der Waals surface area contributed by atoms with Crippen molar-refractivity contribution in [2.45, 2.75) is 19.9 Å². The maximum absolute atomic E-state index is 13.6. The van der Waals surface area contributed by atoms with Crippen LogP contribution in [0.3, 0.4) is 0 Å². The molecule has 31 heavy (non-hydrogen) atoms. The molecule has 1 aromatic carbocycles. The van der Waals surface area contributed by atoms with Gasteiger partial charge in [0.15, 0.2) is 0 Å². The molecule has 2 aromatic rings. The minimum Gasteiger partial charge on any atom is -0.507 e. The highest BCUT2D eigenvalue weighted by atomic mass is 19.1. The van der Waals surface area contributed by atoms with Crippen molar-refractivity contribution in [2.24, 2.45) is 0 Å². The molecule has 9 heteroatoms. The average molecular weight is 428 g/mol. The van der Waals surface area contributed by atoms with E-state index in [2.05, 4.69) is 15.1 Å². The number of likely N-dealkylation sites (tertiary alicyclic amines) is 1. The molecule has 0 saturated carbocycles. The summed E-state index contributed by atoms with van der Waals surface area (Å²) in [5.74, 6) is -2.13. The van der Waals surface area contributed by atoms with E-state index >= 15 is 0 Å². The lowest BCUT2D eigenvalue weighted by Gasteiger charge is -2.31. The zero-order chi connectivity index (χ0) is 22.1. The number of amides is 1. The van der Waals surface area contributed by atoms with E-state index < -0.39 is 23.5 Å². The highest BCUT2D eigenvalue weighted by molar-refractivity contribution is 6.46. The number of benzene rings is 1. The summed E-state index contributed by atoms with van der Waals surface area (Å²) in [6, 6.07) is 4.83. The van der Waals surface area contributed by atoms with E-state index in [1.54, 1.807) is 13.8 Å². The highest BCUT2D eigenvalue weighted by Crippen LogP contribution is 2.40. The van der Waals surface area contributed by atoms with Gasteiger partial charge in [-0.1, -0.05) is 12.1 Å². The number of carbonyl (C=O) groups excluding carboxylic acids is 2. The van der Waals surface area contributed by atoms with E-state index in [9.17, 15) is 19.1 Å². The van der Waals surface area contributed by atoms with Gasteiger partial charge in [-0.05, 0) is 31.5 Å². The van der Waals surface area contributed by atoms with Crippen molar-refractivity contribution in [3.63, 3.8) is 0 Å². The molecule has 2 aliphatic rings. The summed E-state index contributed by atoms with van der Waals surface area (Å²) in [4.78, 5) is 29.6. The Balaban J connectivity index is 1.75. The number of rotatable bonds is 5. The minimum absolute atomic E-state index is 0.00816. The number of aromatic nitrogens is 2. The summed E-state index contributed by atoms with van der Waals surface area (Å²) < 4.78 is 18.9. The number of ether oxygens (including phenoxy) is 1. The van der Waals surface area contributed by atoms with Gasteiger partial charge in [-0.2, -0.15) is 5.10 Å². The number of hydrogen-bond acceptors (Lipinski definition) is 6. The molecule has 2 aliphatic heterocycles. The second-order valence-electron chi connectivity index (χ2n) is 7.81. The number of ketones is 1. The van der Waals surface area contributed by atoms with Crippen molar-refractivity contribution in [2.75, 3.05) is 39.4 Å². The molecule has 1 aromatic heterocycles. The first-order chi connectivity index (χ1) is 14.9. The third-order valence-corrected chi connectivity index (χ3v) is 5.85. The number of nitrogens with one attached hydrogen (secondary N) is 1. The van der Waals surface area contributed by atoms with Crippen molar-refractivity contribution >= 4 is 17.4 Å². The largest absolute Gasteiger partial charge is 0.507 e. The fourth-order valence-corrected chi connectivity index (χ4v) is 4.21. The van der Waals surface area contributed by atoms with Crippen LogP contribution in [0.4, 0.5) is 4.39 Å². The zero-order valence-electron chi connectivity index (χ0n) is 17.5. The molecule has 3 heterocycles. The van der Waals surface area contributed by atoms with E-state index in [0.29, 0.717) is 48.8 Å². The topological polar surface area (TPSA) is 98.8 Å². The summed E-state index contributed by atoms with van der Waals surface area (Å²) in [5.41, 5.74) is 2.06. The highest BCUT2D eigenvalue weighted by Gasteiger charge is 2.46. The van der Waals surface area contributed by atoms with Gasteiger partial charge in [0.2, 0.25) is 0 Å². The number of aromatic amines is 1. The molecule has 2 N–H and O–H groups in total. The maximum Gasteiger partial charge on any atom is 0.295 e. The van der Waals surface area contributed by atoms with Gasteiger partial charge < -0.3 is 14.7 Å². The number of Topliss-reactive ketones (excluding diaryl/α,β-unsaturated/α-hetero) is 1. The van der Waals surface area contributed by atoms with Gasteiger partial charge in [0.1, 0.15) is 11.6 Å². The quantitative estimate of drug-likeness (QED) is 0.429. The molecule has 8 nitrogen and oxygen atoms in total. The van der Waals surface area contributed by atoms with Crippen LogP contribution in [0.5, 0.6) is 0 Å². The van der Waals surface area contributed by atoms with Crippen LogP contribution in [0, 0.1) is 19.7 Å². The Bertz CT molecular complexity index is 1010. The number of halogens is 1. The van der Waals surface area contributed by atoms with E-state index in [1.807, 2.05) is 0 Å². The normalized spacial score (nSPS) is 21.8. The number of hydrogen-bond donors (Lipinski definition) is 2. The van der Waals surface area contributed by atoms with Gasteiger partial charge in [0.25, 0.3) is 11.7 Å². The standard InChI is InChI=1S/C22H25FN4O4/c1-13-17(14(2)25-24-13)20(28)18-19(15-3-5-16(23)6-4-15)27(22(30)21(18)29)8-7-26-9-11-31-12-10-26/h3-6,19,28H,7-12H2,1-2H3,(H,24,25)/t19-/m0/s1. The number of carbonyl (C=O) groups is 2. The van der Waals surface area contributed by atoms with Gasteiger partial charge in [0.05, 0.1) is 36.1 Å². The summed E-state index contributed by atoms with van der Waals surface area (Å²) >= 11 is 0. The van der Waals surface area contributed by atoms with E-state index in [1.165, 1.54) is 29.2 Å². The summed E-state index contributed by atoms with van der Waals surface area (Å²) in [5, 5.41) is 18.0. The summed E-state index contributed by atoms with van der Waals surface area (Å²) in [6.45, 7) is 7.05. The number of nitrogens with zero attached hydrogens (tertiary/aromatic N) is 3. The Morgan fingerprint density at radius 3 is 2.48 bits per heavy atom. The fourth-order valence-electron chi connectivity index (χ4n) is 4.21. The minimum atomic E-state index is -0.810. The van der Waals surface area contributed by atoms with Crippen molar-refractivity contribution in [1.29, 1.82) is 0 Å². The lowest BCUT2D eigenvalue weighted by atomic mass is 9.94. The molecule has 0 aliphatic carbocycles. The number of aliphatic hydroxyl groups excluding tert-OH is 1. The molecule has 2 fully saturated rings. The predicted octanol–water partition coefficient (Wildman–Crippen LogP) is 1.92. The summed E-state index contributed by atoms with van der Waals surface area (Å²) in [7, 11) is 0. The van der Waals surface area contributed by atoms with Crippen LogP contribution in [0.1, 0.15) is 28.6 Å². The SMILES string of the molecule is Cc1n[nH]c(C)c1C(O)=C1C(=O)C(=O)N(CCN2CCOCC2)[C@H]1c1ccc(F)cc1. The van der Waals surface area contributed by atoms with Crippen molar-refractivity contribution in [3.8, 4) is 0 Å². The number of H-pyrrole nitrogens is 1. The molecule has 0 unspecified atom stereocenters. The van der Waals surface area contributed by atoms with Crippen LogP contribution in [-0.2, 0) is 14.3 Å². The molecular formula is C22H25FN4O4. The van der Waals surface area contributed by atoms with Gasteiger partial charge in [-0.25, -0.2) is 4.39 Å². The zero-order valence-corrected chi connectivity index (χ0v) is 17.5. The van der Waals surface area contributed by atoms with Crippen LogP contribution < -0.4 is 0 Å². The van der Waals surface area contributed by atoms with E-state index in [-0.39, 0.29) is 11.3 Å². The predicted molar refractivity (Wildman–Crippen MR) is 111 cm³/mol. The van der Waals surface area contributed by atoms with E-state index in [0.717, 1.165) is 13.1 Å². The van der Waals surface area contributed by atoms with E-state index in [4.69, 9.17) is 4.74 Å². The maximum atomic E-state index is 13.6. The second-order valence-corrected chi connectivity index (χ2v) is 7.81. The number of morpholine rings is 1. The molecule has 0 radical (unpaired) electrons. The molecule has 2 saturated heterocycles. The molecule has 4 rings (SSSR count). The molecule has 0 spiro atoms. The second kappa shape index (κ2) is 8.60. The van der Waals surface area contributed by atoms with Gasteiger partial charge in [-0.15, -0.1) is 0 Å². The average Bonchev–Trinajstić information content (AvgIpc) is 3.23. The van der Waals surface area contributed by atoms with Gasteiger partial charge in [-0.3, -0.25) is 19.6 Å². The Morgan fingerprint density at radius 1 is 1.19 bits per heavy atom. The Labute approximate surface area is 179 Å². The first-order valence-electron chi connectivity index (χ1n) is 10.2. The Morgan fingerprint density at radius 2 is 1.87 bits per heavy atom. The first kappa shape index (κ1) is 21.2.